The lowest BCUT2D eigenvalue weighted by Gasteiger charge is -2.16. The van der Waals surface area contributed by atoms with E-state index in [0.29, 0.717) is 5.92 Å². The van der Waals surface area contributed by atoms with Crippen LogP contribution in [-0.2, 0) is 0 Å². The molecule has 0 saturated carbocycles. The second-order valence-electron chi connectivity index (χ2n) is 6.60. The van der Waals surface area contributed by atoms with E-state index < -0.39 is 9.21 Å². The molecule has 0 bridgehead atoms. The Hall–Kier alpha value is 0.01000. The average Bonchev–Trinajstić information content (AvgIpc) is 2.46. The molecule has 0 saturated heterocycles. The van der Waals surface area contributed by atoms with Crippen LogP contribution in [-0.4, -0.2) is 48.0 Å². The van der Waals surface area contributed by atoms with E-state index in [9.17, 15) is 0 Å². The van der Waals surface area contributed by atoms with Crippen molar-refractivity contribution in [3.63, 3.8) is 0 Å². The van der Waals surface area contributed by atoms with Crippen molar-refractivity contribution >= 4 is 20.9 Å². The van der Waals surface area contributed by atoms with Gasteiger partial charge < -0.3 is 10.4 Å². The summed E-state index contributed by atoms with van der Waals surface area (Å²) in [4.78, 5) is 0. The predicted molar refractivity (Wildman–Crippen MR) is 103 cm³/mol. The van der Waals surface area contributed by atoms with Crippen LogP contribution in [0.15, 0.2) is 0 Å². The second-order valence-corrected chi connectivity index (χ2v) is 9.87. The summed E-state index contributed by atoms with van der Waals surface area (Å²) in [5.41, 5.74) is 0. The zero-order valence-corrected chi connectivity index (χ0v) is 15.4. The van der Waals surface area contributed by atoms with Gasteiger partial charge in [-0.15, -0.1) is 0 Å². The van der Waals surface area contributed by atoms with Crippen molar-refractivity contribution in [2.24, 2.45) is 5.92 Å². The molecule has 1 unspecified atom stereocenters. The number of hydrogen-bond donors (Lipinski definition) is 2. The highest BCUT2D eigenvalue weighted by atomic mass is 32.2. The van der Waals surface area contributed by atoms with Crippen LogP contribution in [0.4, 0.5) is 0 Å². The van der Waals surface area contributed by atoms with Crippen LogP contribution in [0.1, 0.15) is 65.2 Å². The van der Waals surface area contributed by atoms with E-state index in [0.717, 1.165) is 18.8 Å². The Kier molecular flexibility index (Phi) is 13.7. The number of hydrogen-bond acceptors (Lipinski definition) is 2. The normalized spacial score (nSPS) is 13.5. The summed E-state index contributed by atoms with van der Waals surface area (Å²) in [5, 5.41) is 12.4. The fourth-order valence-electron chi connectivity index (χ4n) is 2.35. The standard InChI is InChI=1S/C18H39NOS/c1-5-6-7-8-9-10-11-12-14-21(3,4)15-13-19-16-18(2)17-20/h18-20H,3-17H2,1-2H3. The minimum atomic E-state index is -0.913. The van der Waals surface area contributed by atoms with Crippen molar-refractivity contribution in [2.75, 3.05) is 31.2 Å². The summed E-state index contributed by atoms with van der Waals surface area (Å²) in [6.07, 6.45) is 11.0. The summed E-state index contributed by atoms with van der Waals surface area (Å²) in [6.45, 7) is 6.47. The largest absolute Gasteiger partial charge is 0.396 e. The van der Waals surface area contributed by atoms with Gasteiger partial charge in [0.25, 0.3) is 0 Å². The second kappa shape index (κ2) is 13.7. The number of rotatable bonds is 15. The monoisotopic (exact) mass is 317 g/mol. The zero-order chi connectivity index (χ0) is 16.0. The smallest absolute Gasteiger partial charge is 0.0468 e. The van der Waals surface area contributed by atoms with Gasteiger partial charge >= 0.3 is 0 Å². The Morgan fingerprint density at radius 3 is 2.10 bits per heavy atom. The molecule has 0 aromatic carbocycles. The van der Waals surface area contributed by atoms with E-state index in [1.807, 2.05) is 0 Å². The van der Waals surface area contributed by atoms with E-state index in [4.69, 9.17) is 5.11 Å². The van der Waals surface area contributed by atoms with Crippen LogP contribution < -0.4 is 5.32 Å². The van der Waals surface area contributed by atoms with Crippen LogP contribution >= 0.6 is 9.21 Å². The molecule has 0 aromatic rings. The van der Waals surface area contributed by atoms with Gasteiger partial charge in [-0.2, -0.15) is 0 Å². The minimum absolute atomic E-state index is 0.262. The van der Waals surface area contributed by atoms with Crippen molar-refractivity contribution in [3.05, 3.63) is 0 Å². The molecule has 0 aliphatic rings. The van der Waals surface area contributed by atoms with Crippen LogP contribution in [0.2, 0.25) is 0 Å². The Morgan fingerprint density at radius 1 is 0.952 bits per heavy atom. The van der Waals surface area contributed by atoms with E-state index in [1.54, 1.807) is 0 Å². The summed E-state index contributed by atoms with van der Waals surface area (Å²) >= 11 is 0. The van der Waals surface area contributed by atoms with E-state index in [1.165, 1.54) is 57.1 Å². The first kappa shape index (κ1) is 21.0. The lowest BCUT2D eigenvalue weighted by atomic mass is 10.1. The maximum absolute atomic E-state index is 8.97. The van der Waals surface area contributed by atoms with Crippen molar-refractivity contribution in [1.82, 2.24) is 5.32 Å². The maximum atomic E-state index is 8.97. The Labute approximate surface area is 134 Å². The molecule has 0 aromatic heterocycles. The van der Waals surface area contributed by atoms with Gasteiger partial charge in [-0.05, 0) is 30.4 Å². The molecule has 0 rings (SSSR count). The van der Waals surface area contributed by atoms with Crippen molar-refractivity contribution < 1.29 is 5.11 Å². The summed E-state index contributed by atoms with van der Waals surface area (Å²) in [5.74, 6) is 11.3. The summed E-state index contributed by atoms with van der Waals surface area (Å²) in [7, 11) is -0.913. The first-order valence-corrected chi connectivity index (χ1v) is 11.1. The first-order valence-electron chi connectivity index (χ1n) is 8.78. The topological polar surface area (TPSA) is 32.3 Å². The molecule has 0 radical (unpaired) electrons. The van der Waals surface area contributed by atoms with Crippen LogP contribution in [0.5, 0.6) is 0 Å². The molecule has 21 heavy (non-hydrogen) atoms. The fraction of sp³-hybridized carbons (Fsp3) is 0.889. The van der Waals surface area contributed by atoms with Crippen molar-refractivity contribution in [2.45, 2.75) is 65.2 Å². The number of nitrogens with one attached hydrogen (secondary N) is 1. The molecular formula is C18H39NOS. The van der Waals surface area contributed by atoms with Crippen LogP contribution in [0.3, 0.4) is 0 Å². The Morgan fingerprint density at radius 2 is 1.52 bits per heavy atom. The Bertz CT molecular complexity index is 311. The lowest BCUT2D eigenvalue weighted by molar-refractivity contribution is 0.234. The first-order chi connectivity index (χ1) is 10.0. The van der Waals surface area contributed by atoms with Gasteiger partial charge in [0.05, 0.1) is 0 Å². The van der Waals surface area contributed by atoms with Crippen molar-refractivity contribution in [3.8, 4) is 0 Å². The SMILES string of the molecule is C=S(=C)(CCCCCCCCCC)CCNCC(C)CO. The van der Waals surface area contributed by atoms with E-state index in [-0.39, 0.29) is 6.61 Å². The highest BCUT2D eigenvalue weighted by Gasteiger charge is 2.01. The third kappa shape index (κ3) is 14.7. The lowest BCUT2D eigenvalue weighted by Crippen LogP contribution is -2.26. The zero-order valence-electron chi connectivity index (χ0n) is 14.5. The number of aliphatic hydroxyl groups excluding tert-OH is 1. The number of aliphatic hydroxyl groups is 1. The fourth-order valence-corrected chi connectivity index (χ4v) is 3.94. The third-order valence-electron chi connectivity index (χ3n) is 3.95. The van der Waals surface area contributed by atoms with Gasteiger partial charge in [0.1, 0.15) is 0 Å². The maximum Gasteiger partial charge on any atom is 0.0468 e. The molecule has 0 spiro atoms. The van der Waals surface area contributed by atoms with Crippen LogP contribution in [0, 0.1) is 5.92 Å². The third-order valence-corrected chi connectivity index (χ3v) is 6.17. The van der Waals surface area contributed by atoms with Crippen molar-refractivity contribution in [1.29, 1.82) is 0 Å². The Balaban J connectivity index is 3.47. The van der Waals surface area contributed by atoms with Gasteiger partial charge in [0.15, 0.2) is 0 Å². The molecule has 0 heterocycles. The van der Waals surface area contributed by atoms with Crippen LogP contribution in [0.25, 0.3) is 0 Å². The molecule has 1 atom stereocenters. The number of unbranched alkanes of at least 4 members (excludes halogenated alkanes) is 7. The minimum Gasteiger partial charge on any atom is -0.396 e. The van der Waals surface area contributed by atoms with Gasteiger partial charge in [-0.25, -0.2) is 9.21 Å². The van der Waals surface area contributed by atoms with Gasteiger partial charge in [0.2, 0.25) is 0 Å². The molecule has 0 fully saturated rings. The molecule has 2 N–H and O–H groups in total. The molecule has 0 amide bonds. The molecule has 3 heteroatoms. The highest BCUT2D eigenvalue weighted by Crippen LogP contribution is 2.21. The molecule has 2 nitrogen and oxygen atoms in total. The summed E-state index contributed by atoms with van der Waals surface area (Å²) < 4.78 is 0. The van der Waals surface area contributed by atoms with Gasteiger partial charge in [0, 0.05) is 13.2 Å². The van der Waals surface area contributed by atoms with E-state index in [2.05, 4.69) is 30.9 Å². The predicted octanol–water partition coefficient (Wildman–Crippen LogP) is 4.01. The quantitative estimate of drug-likeness (QED) is 0.353. The van der Waals surface area contributed by atoms with E-state index >= 15 is 0 Å². The molecular weight excluding hydrogens is 278 g/mol. The van der Waals surface area contributed by atoms with Gasteiger partial charge in [-0.3, -0.25) is 0 Å². The highest BCUT2D eigenvalue weighted by molar-refractivity contribution is 8.27. The summed E-state index contributed by atoms with van der Waals surface area (Å²) in [6, 6.07) is 0. The van der Waals surface area contributed by atoms with Gasteiger partial charge in [-0.1, -0.05) is 70.5 Å². The molecule has 128 valence electrons. The molecule has 0 aliphatic heterocycles. The average molecular weight is 318 g/mol. The molecule has 0 aliphatic carbocycles.